The number of nitrogens with zero attached hydrogens (tertiary/aromatic N) is 4. The number of Topliss-reactive ketones (excluding diaryl/α,β-unsaturated/α-hetero) is 1. The molecule has 1 saturated heterocycles. The van der Waals surface area contributed by atoms with Gasteiger partial charge in [-0.3, -0.25) is 9.59 Å². The summed E-state index contributed by atoms with van der Waals surface area (Å²) >= 11 is 6.16. The number of carbonyl (C=O) groups is 2. The van der Waals surface area contributed by atoms with Crippen LogP contribution in [-0.4, -0.2) is 63.7 Å². The molecule has 3 rings (SSSR count). The molecule has 1 aliphatic rings. The van der Waals surface area contributed by atoms with E-state index >= 15 is 0 Å². The van der Waals surface area contributed by atoms with Crippen molar-refractivity contribution in [2.45, 2.75) is 19.9 Å². The maximum Gasteiger partial charge on any atom is 0.295 e. The number of halogens is 1. The average Bonchev–Trinajstić information content (AvgIpc) is 2.90. The summed E-state index contributed by atoms with van der Waals surface area (Å²) in [4.78, 5) is 37.5. The predicted molar refractivity (Wildman–Crippen MR) is 111 cm³/mol. The van der Waals surface area contributed by atoms with Gasteiger partial charge in [-0.1, -0.05) is 23.7 Å². The minimum Gasteiger partial charge on any atom is -0.507 e. The maximum absolute atomic E-state index is 12.9. The van der Waals surface area contributed by atoms with Gasteiger partial charge in [-0.25, -0.2) is 9.97 Å². The summed E-state index contributed by atoms with van der Waals surface area (Å²) in [5.74, 6) is -1.11. The molecule has 1 amide bonds. The molecule has 1 aromatic carbocycles. The molecule has 152 valence electrons. The topological polar surface area (TPSA) is 86.6 Å². The van der Waals surface area contributed by atoms with Crippen LogP contribution >= 0.6 is 11.6 Å². The van der Waals surface area contributed by atoms with Gasteiger partial charge >= 0.3 is 0 Å². The summed E-state index contributed by atoms with van der Waals surface area (Å²) in [6, 6.07) is 6.22. The number of amides is 1. The number of hydrogen-bond donors (Lipinski definition) is 1. The molecule has 1 aromatic heterocycles. The highest BCUT2D eigenvalue weighted by Gasteiger charge is 2.46. The first-order valence-corrected chi connectivity index (χ1v) is 9.57. The molecule has 0 spiro atoms. The molecule has 2 heterocycles. The first-order chi connectivity index (χ1) is 13.7. The molecule has 0 aliphatic carbocycles. The lowest BCUT2D eigenvalue weighted by Crippen LogP contribution is -2.35. The zero-order chi connectivity index (χ0) is 21.3. The van der Waals surface area contributed by atoms with Crippen LogP contribution in [0.2, 0.25) is 5.02 Å². The minimum absolute atomic E-state index is 0.0200. The Kier molecular flexibility index (Phi) is 6.00. The lowest BCUT2D eigenvalue weighted by molar-refractivity contribution is -0.140. The fourth-order valence-electron chi connectivity index (χ4n) is 3.40. The molecule has 0 unspecified atom stereocenters. The Morgan fingerprint density at radius 1 is 1.28 bits per heavy atom. The Morgan fingerprint density at radius 3 is 2.62 bits per heavy atom. The van der Waals surface area contributed by atoms with Crippen molar-refractivity contribution in [3.05, 3.63) is 63.7 Å². The largest absolute Gasteiger partial charge is 0.507 e. The van der Waals surface area contributed by atoms with Gasteiger partial charge in [-0.2, -0.15) is 0 Å². The number of rotatable bonds is 5. The monoisotopic (exact) mass is 414 g/mol. The number of benzene rings is 1. The fourth-order valence-corrected chi connectivity index (χ4v) is 3.60. The van der Waals surface area contributed by atoms with Crippen molar-refractivity contribution in [1.29, 1.82) is 0 Å². The molecule has 0 radical (unpaired) electrons. The molecule has 0 saturated carbocycles. The number of carbonyl (C=O) groups excluding carboxylic acids is 2. The molecule has 0 bridgehead atoms. The number of likely N-dealkylation sites (N-methyl/N-ethyl adjacent to an activating group) is 1. The van der Waals surface area contributed by atoms with E-state index in [0.29, 0.717) is 40.8 Å². The lowest BCUT2D eigenvalue weighted by atomic mass is 9.95. The second-order valence-corrected chi connectivity index (χ2v) is 7.70. The van der Waals surface area contributed by atoms with E-state index in [9.17, 15) is 14.7 Å². The van der Waals surface area contributed by atoms with Gasteiger partial charge < -0.3 is 14.9 Å². The Labute approximate surface area is 174 Å². The molecule has 1 fully saturated rings. The van der Waals surface area contributed by atoms with Gasteiger partial charge in [0.15, 0.2) is 0 Å². The Morgan fingerprint density at radius 2 is 2.00 bits per heavy atom. The van der Waals surface area contributed by atoms with Crippen LogP contribution in [0.25, 0.3) is 5.76 Å². The molecular formula is C21H23ClN4O3. The number of aryl methyl sites for hydroxylation is 2. The van der Waals surface area contributed by atoms with Gasteiger partial charge in [0, 0.05) is 24.3 Å². The van der Waals surface area contributed by atoms with Gasteiger partial charge in [0.25, 0.3) is 11.7 Å². The number of ketones is 1. The quantitative estimate of drug-likeness (QED) is 0.460. The number of aliphatic hydroxyl groups is 1. The van der Waals surface area contributed by atoms with Crippen molar-refractivity contribution in [1.82, 2.24) is 19.8 Å². The summed E-state index contributed by atoms with van der Waals surface area (Å²) < 4.78 is 0. The van der Waals surface area contributed by atoms with Crippen LogP contribution < -0.4 is 0 Å². The highest BCUT2D eigenvalue weighted by atomic mass is 35.5. The van der Waals surface area contributed by atoms with Crippen molar-refractivity contribution in [2.24, 2.45) is 0 Å². The smallest absolute Gasteiger partial charge is 0.295 e. The second kappa shape index (κ2) is 8.31. The summed E-state index contributed by atoms with van der Waals surface area (Å²) in [6.07, 6.45) is 1.47. The Balaban J connectivity index is 2.19. The Hall–Kier alpha value is -2.77. The van der Waals surface area contributed by atoms with E-state index in [4.69, 9.17) is 11.6 Å². The zero-order valence-corrected chi connectivity index (χ0v) is 17.6. The van der Waals surface area contributed by atoms with E-state index < -0.39 is 17.7 Å². The van der Waals surface area contributed by atoms with Gasteiger partial charge in [-0.05, 0) is 45.6 Å². The third-order valence-electron chi connectivity index (χ3n) is 4.85. The zero-order valence-electron chi connectivity index (χ0n) is 16.8. The van der Waals surface area contributed by atoms with Crippen LogP contribution in [-0.2, 0) is 9.59 Å². The van der Waals surface area contributed by atoms with Crippen LogP contribution in [0.5, 0.6) is 0 Å². The van der Waals surface area contributed by atoms with Crippen molar-refractivity contribution in [2.75, 3.05) is 27.2 Å². The van der Waals surface area contributed by atoms with Crippen molar-refractivity contribution in [3.63, 3.8) is 0 Å². The molecule has 8 heteroatoms. The number of aliphatic hydroxyl groups excluding tert-OH is 1. The summed E-state index contributed by atoms with van der Waals surface area (Å²) in [5, 5.41) is 11.5. The first kappa shape index (κ1) is 21.0. The molecular weight excluding hydrogens is 392 g/mol. The van der Waals surface area contributed by atoms with Gasteiger partial charge in [0.05, 0.1) is 22.9 Å². The van der Waals surface area contributed by atoms with E-state index in [1.807, 2.05) is 19.0 Å². The molecule has 7 nitrogen and oxygen atoms in total. The van der Waals surface area contributed by atoms with Gasteiger partial charge in [0.1, 0.15) is 11.6 Å². The third-order valence-corrected chi connectivity index (χ3v) is 5.08. The molecule has 1 atom stereocenters. The summed E-state index contributed by atoms with van der Waals surface area (Å²) in [7, 11) is 3.77. The summed E-state index contributed by atoms with van der Waals surface area (Å²) in [5.41, 5.74) is 1.53. The number of likely N-dealkylation sites (tertiary alicyclic amines) is 1. The highest BCUT2D eigenvalue weighted by Crippen LogP contribution is 2.40. The summed E-state index contributed by atoms with van der Waals surface area (Å²) in [6.45, 7) is 4.36. The maximum atomic E-state index is 12.9. The normalized spacial score (nSPS) is 18.7. The highest BCUT2D eigenvalue weighted by molar-refractivity contribution is 6.46. The number of hydrogen-bond acceptors (Lipinski definition) is 6. The predicted octanol–water partition coefficient (Wildman–Crippen LogP) is 2.73. The second-order valence-electron chi connectivity index (χ2n) is 7.27. The average molecular weight is 415 g/mol. The van der Waals surface area contributed by atoms with E-state index in [0.717, 1.165) is 0 Å². The van der Waals surface area contributed by atoms with Crippen LogP contribution in [0.1, 0.15) is 28.7 Å². The van der Waals surface area contributed by atoms with Crippen LogP contribution in [0, 0.1) is 13.8 Å². The van der Waals surface area contributed by atoms with Gasteiger partial charge in [-0.15, -0.1) is 0 Å². The minimum atomic E-state index is -0.741. The molecule has 2 aromatic rings. The van der Waals surface area contributed by atoms with E-state index in [1.54, 1.807) is 38.1 Å². The lowest BCUT2D eigenvalue weighted by Gasteiger charge is -2.26. The van der Waals surface area contributed by atoms with Gasteiger partial charge in [0.2, 0.25) is 0 Å². The molecule has 1 N–H and O–H groups in total. The van der Waals surface area contributed by atoms with Crippen molar-refractivity contribution in [3.8, 4) is 0 Å². The Bertz CT molecular complexity index is 1000. The van der Waals surface area contributed by atoms with E-state index in [-0.39, 0.29) is 11.3 Å². The standard InChI is InChI=1S/C21H23ClN4O3/c1-12-16(11-23-13(2)24-12)19(27)17-18(14-6-5-7-15(22)10-14)26(9-8-25(3)4)21(29)20(17)28/h5-7,10-11,18,27H,8-9H2,1-4H3/t18-/m0/s1. The van der Waals surface area contributed by atoms with E-state index in [2.05, 4.69) is 9.97 Å². The third kappa shape index (κ3) is 4.16. The van der Waals surface area contributed by atoms with Crippen LogP contribution in [0.4, 0.5) is 0 Å². The van der Waals surface area contributed by atoms with Crippen molar-refractivity contribution >= 4 is 29.1 Å². The number of aromatic nitrogens is 2. The van der Waals surface area contributed by atoms with Crippen molar-refractivity contribution < 1.29 is 14.7 Å². The van der Waals surface area contributed by atoms with E-state index in [1.165, 1.54) is 11.1 Å². The first-order valence-electron chi connectivity index (χ1n) is 9.20. The molecule has 1 aliphatic heterocycles. The fraction of sp³-hybridized carbons (Fsp3) is 0.333. The van der Waals surface area contributed by atoms with Crippen LogP contribution in [0.3, 0.4) is 0 Å². The molecule has 29 heavy (non-hydrogen) atoms. The SMILES string of the molecule is Cc1ncc(C(O)=C2C(=O)C(=O)N(CCN(C)C)[C@H]2c2cccc(Cl)c2)c(C)n1. The van der Waals surface area contributed by atoms with Crippen LogP contribution in [0.15, 0.2) is 36.0 Å².